The Bertz CT molecular complexity index is 681. The number of hydrogen-bond donors (Lipinski definition) is 4. The molecule has 3 unspecified atom stereocenters. The molecule has 4 aliphatic rings. The number of aliphatic hydroxyl groups is 3. The highest BCUT2D eigenvalue weighted by Gasteiger charge is 2.67. The van der Waals surface area contributed by atoms with Crippen LogP contribution in [0.4, 0.5) is 0 Å². The van der Waals surface area contributed by atoms with E-state index in [4.69, 9.17) is 5.11 Å². The predicted molar refractivity (Wildman–Crippen MR) is 119 cm³/mol. The fraction of sp³-hybridized carbons (Fsp3) is 0.962. The van der Waals surface area contributed by atoms with Crippen LogP contribution in [0.15, 0.2) is 0 Å². The normalized spacial score (nSPS) is 52.7. The predicted octanol–water partition coefficient (Wildman–Crippen LogP) is 4.08. The van der Waals surface area contributed by atoms with E-state index in [2.05, 4.69) is 27.7 Å². The lowest BCUT2D eigenvalue weighted by atomic mass is 9.40. The van der Waals surface area contributed by atoms with Crippen LogP contribution in [0.1, 0.15) is 85.5 Å². The van der Waals surface area contributed by atoms with Gasteiger partial charge in [-0.1, -0.05) is 34.1 Å². The third kappa shape index (κ3) is 3.58. The molecule has 0 aromatic heterocycles. The number of hydrogen-bond acceptors (Lipinski definition) is 4. The number of fused-ring (bicyclic) bond motifs is 5. The van der Waals surface area contributed by atoms with Gasteiger partial charge in [0, 0.05) is 6.42 Å². The maximum atomic E-state index is 11.7. The van der Waals surface area contributed by atoms with Gasteiger partial charge in [0.25, 0.3) is 0 Å². The van der Waals surface area contributed by atoms with Gasteiger partial charge in [-0.25, -0.2) is 0 Å². The summed E-state index contributed by atoms with van der Waals surface area (Å²) in [6, 6.07) is 0. The number of rotatable bonds is 5. The molecule has 0 aromatic rings. The summed E-state index contributed by atoms with van der Waals surface area (Å²) >= 11 is 0. The highest BCUT2D eigenvalue weighted by Crippen LogP contribution is 2.69. The Morgan fingerprint density at radius 1 is 1.06 bits per heavy atom. The molecule has 0 aromatic carbocycles. The first-order valence-corrected chi connectivity index (χ1v) is 12.8. The maximum absolute atomic E-state index is 11.7. The monoisotopic (exact) mass is 436 g/mol. The van der Waals surface area contributed by atoms with E-state index in [1.165, 1.54) is 0 Å². The molecule has 178 valence electrons. The number of aliphatic carboxylic acids is 1. The van der Waals surface area contributed by atoms with Gasteiger partial charge < -0.3 is 20.4 Å². The summed E-state index contributed by atoms with van der Waals surface area (Å²) in [5.74, 6) is 1.00. The molecule has 4 N–H and O–H groups in total. The summed E-state index contributed by atoms with van der Waals surface area (Å²) in [7, 11) is 0. The molecule has 12 atom stereocenters. The fourth-order valence-corrected chi connectivity index (χ4v) is 9.60. The van der Waals surface area contributed by atoms with E-state index in [0.29, 0.717) is 24.2 Å². The van der Waals surface area contributed by atoms with Crippen LogP contribution in [0, 0.1) is 52.3 Å². The zero-order valence-electron chi connectivity index (χ0n) is 19.8. The first kappa shape index (κ1) is 23.5. The summed E-state index contributed by atoms with van der Waals surface area (Å²) in [5.41, 5.74) is -0.0767. The van der Waals surface area contributed by atoms with Crippen LogP contribution < -0.4 is 0 Å². The van der Waals surface area contributed by atoms with Gasteiger partial charge in [0.2, 0.25) is 0 Å². The Balaban J connectivity index is 1.66. The van der Waals surface area contributed by atoms with Crippen molar-refractivity contribution in [3.8, 4) is 0 Å². The minimum absolute atomic E-state index is 0.0302. The van der Waals surface area contributed by atoms with Crippen LogP contribution in [0.2, 0.25) is 0 Å². The first-order valence-electron chi connectivity index (χ1n) is 12.8. The summed E-state index contributed by atoms with van der Waals surface area (Å²) < 4.78 is 0. The number of carboxylic acid groups (broad SMARTS) is 1. The third-order valence-corrected chi connectivity index (χ3v) is 10.9. The molecule has 4 fully saturated rings. The van der Waals surface area contributed by atoms with Gasteiger partial charge in [0.05, 0.1) is 18.3 Å². The van der Waals surface area contributed by atoms with Crippen molar-refractivity contribution >= 4 is 5.97 Å². The van der Waals surface area contributed by atoms with Gasteiger partial charge in [0.15, 0.2) is 0 Å². The van der Waals surface area contributed by atoms with Gasteiger partial charge in [-0.2, -0.15) is 0 Å². The molecule has 0 bridgehead atoms. The Kier molecular flexibility index (Phi) is 6.28. The summed E-state index contributed by atoms with van der Waals surface area (Å²) in [6.45, 7) is 9.01. The zero-order chi connectivity index (χ0) is 22.7. The van der Waals surface area contributed by atoms with Crippen LogP contribution in [0.5, 0.6) is 0 Å². The van der Waals surface area contributed by atoms with E-state index in [9.17, 15) is 20.1 Å². The molecule has 0 radical (unpaired) electrons. The van der Waals surface area contributed by atoms with Crippen molar-refractivity contribution in [2.45, 2.75) is 104 Å². The second-order valence-corrected chi connectivity index (χ2v) is 12.2. The molecule has 0 heterocycles. The second kappa shape index (κ2) is 8.29. The summed E-state index contributed by atoms with van der Waals surface area (Å²) in [5, 5.41) is 42.9. The molecule has 4 aliphatic carbocycles. The van der Waals surface area contributed by atoms with E-state index < -0.39 is 18.2 Å². The fourth-order valence-electron chi connectivity index (χ4n) is 9.60. The molecule has 0 spiro atoms. The third-order valence-electron chi connectivity index (χ3n) is 10.9. The number of carbonyl (C=O) groups is 1. The maximum Gasteiger partial charge on any atom is 0.303 e. The van der Waals surface area contributed by atoms with Crippen molar-refractivity contribution < 1.29 is 25.2 Å². The van der Waals surface area contributed by atoms with E-state index in [-0.39, 0.29) is 47.0 Å². The average molecular weight is 437 g/mol. The Labute approximate surface area is 187 Å². The van der Waals surface area contributed by atoms with Crippen LogP contribution in [-0.2, 0) is 4.79 Å². The van der Waals surface area contributed by atoms with Gasteiger partial charge in [-0.3, -0.25) is 4.79 Å². The van der Waals surface area contributed by atoms with Crippen molar-refractivity contribution in [1.29, 1.82) is 0 Å². The minimum Gasteiger partial charge on any atom is -0.481 e. The molecule has 4 rings (SSSR count). The first-order chi connectivity index (χ1) is 14.5. The van der Waals surface area contributed by atoms with E-state index in [0.717, 1.165) is 44.9 Å². The molecule has 0 amide bonds. The van der Waals surface area contributed by atoms with E-state index in [1.807, 2.05) is 0 Å². The molecule has 5 nitrogen and oxygen atoms in total. The van der Waals surface area contributed by atoms with Crippen molar-refractivity contribution in [2.24, 2.45) is 52.3 Å². The average Bonchev–Trinajstić information content (AvgIpc) is 3.04. The van der Waals surface area contributed by atoms with Crippen LogP contribution >= 0.6 is 0 Å². The van der Waals surface area contributed by atoms with Gasteiger partial charge in [0.1, 0.15) is 0 Å². The van der Waals surface area contributed by atoms with Gasteiger partial charge in [-0.05, 0) is 97.2 Å². The largest absolute Gasteiger partial charge is 0.481 e. The van der Waals surface area contributed by atoms with Crippen LogP contribution in [0.3, 0.4) is 0 Å². The summed E-state index contributed by atoms with van der Waals surface area (Å²) in [6.07, 6.45) is 6.04. The minimum atomic E-state index is -0.734. The smallest absolute Gasteiger partial charge is 0.303 e. The molecular weight excluding hydrogens is 392 g/mol. The standard InChI is InChI=1S/C26H44O5/c1-5-16-19-12-15(27)10-11-25(19,3)23-20(28)13-26(4)17(14(2)6-9-21(29)30)7-8-18(26)22(23)24(16)31/h14-20,22-24,27-28,31H,5-13H2,1-4H3,(H,29,30)/t14-,15-,16-,17?,18?,19+,20+,22+,23?,24-,25+,26-/m1/s1. The topological polar surface area (TPSA) is 98.0 Å². The lowest BCUT2D eigenvalue weighted by molar-refractivity contribution is -0.235. The number of aliphatic hydroxyl groups excluding tert-OH is 3. The van der Waals surface area contributed by atoms with Crippen LogP contribution in [0.25, 0.3) is 0 Å². The molecular formula is C26H44O5. The number of carboxylic acids is 1. The highest BCUT2D eigenvalue weighted by molar-refractivity contribution is 5.66. The Morgan fingerprint density at radius 3 is 2.42 bits per heavy atom. The Morgan fingerprint density at radius 2 is 1.77 bits per heavy atom. The molecule has 31 heavy (non-hydrogen) atoms. The van der Waals surface area contributed by atoms with Crippen molar-refractivity contribution in [2.75, 3.05) is 0 Å². The SMILES string of the molecule is CC[C@H]1[C@@H](O)[C@H]2C3CCC([C@H](C)CCC(=O)O)[C@@]3(C)C[C@H](O)C2[C@@]2(C)CC[C@@H](O)C[C@@H]12. The molecule has 5 heteroatoms. The molecule has 4 saturated carbocycles. The quantitative estimate of drug-likeness (QED) is 0.520. The zero-order valence-corrected chi connectivity index (χ0v) is 19.8. The van der Waals surface area contributed by atoms with Crippen molar-refractivity contribution in [1.82, 2.24) is 0 Å². The van der Waals surface area contributed by atoms with Crippen LogP contribution in [-0.4, -0.2) is 44.7 Å². The second-order valence-electron chi connectivity index (χ2n) is 12.2. The van der Waals surface area contributed by atoms with Crippen molar-refractivity contribution in [3.63, 3.8) is 0 Å². The summed E-state index contributed by atoms with van der Waals surface area (Å²) in [4.78, 5) is 11.1. The molecule has 0 aliphatic heterocycles. The lowest BCUT2D eigenvalue weighted by Gasteiger charge is -2.66. The van der Waals surface area contributed by atoms with Gasteiger partial charge in [-0.15, -0.1) is 0 Å². The lowest BCUT2D eigenvalue weighted by Crippen LogP contribution is -2.65. The van der Waals surface area contributed by atoms with E-state index >= 15 is 0 Å². The Hall–Kier alpha value is -0.650. The van der Waals surface area contributed by atoms with Gasteiger partial charge >= 0.3 is 5.97 Å². The van der Waals surface area contributed by atoms with E-state index in [1.54, 1.807) is 0 Å². The van der Waals surface area contributed by atoms with Crippen molar-refractivity contribution in [3.05, 3.63) is 0 Å². The highest BCUT2D eigenvalue weighted by atomic mass is 16.4. The molecule has 0 saturated heterocycles.